The summed E-state index contributed by atoms with van der Waals surface area (Å²) in [5, 5.41) is 9.32. The second-order valence-electron chi connectivity index (χ2n) is 8.32. The van der Waals surface area contributed by atoms with Crippen LogP contribution in [0.25, 0.3) is 0 Å². The zero-order chi connectivity index (χ0) is 26.7. The fourth-order valence-corrected chi connectivity index (χ4v) is 6.09. The lowest BCUT2D eigenvalue weighted by molar-refractivity contribution is -0.136. The van der Waals surface area contributed by atoms with Crippen molar-refractivity contribution >= 4 is 22.0 Å². The highest BCUT2D eigenvalue weighted by Gasteiger charge is 2.55. The molecule has 2 aliphatic heterocycles. The maximum Gasteiger partial charge on any atom is 0.410 e. The first-order chi connectivity index (χ1) is 17.7. The van der Waals surface area contributed by atoms with E-state index in [4.69, 9.17) is 14.2 Å². The second-order valence-corrected chi connectivity index (χ2v) is 10.2. The van der Waals surface area contributed by atoms with Crippen molar-refractivity contribution < 1.29 is 46.2 Å². The third-order valence-electron chi connectivity index (χ3n) is 6.13. The van der Waals surface area contributed by atoms with Crippen LogP contribution in [0.5, 0.6) is 11.6 Å². The molecule has 0 aliphatic carbocycles. The van der Waals surface area contributed by atoms with Crippen LogP contribution >= 0.6 is 0 Å². The zero-order valence-electron chi connectivity index (χ0n) is 19.5. The Bertz CT molecular complexity index is 1260. The number of aromatic nitrogens is 1. The van der Waals surface area contributed by atoms with Crippen molar-refractivity contribution in [3.8, 4) is 11.6 Å². The van der Waals surface area contributed by atoms with E-state index in [1.54, 1.807) is 0 Å². The molecule has 0 spiro atoms. The topological polar surface area (TPSA) is 148 Å². The van der Waals surface area contributed by atoms with E-state index in [1.165, 1.54) is 29.6 Å². The van der Waals surface area contributed by atoms with Gasteiger partial charge in [-0.05, 0) is 37.1 Å². The summed E-state index contributed by atoms with van der Waals surface area (Å²) >= 11 is 0. The van der Waals surface area contributed by atoms with Crippen LogP contribution < -0.4 is 10.2 Å². The van der Waals surface area contributed by atoms with Gasteiger partial charge in [0.15, 0.2) is 5.82 Å². The average Bonchev–Trinajstić information content (AvgIpc) is 3.19. The van der Waals surface area contributed by atoms with Crippen molar-refractivity contribution in [3.05, 3.63) is 48.2 Å². The normalized spacial score (nSPS) is 21.5. The maximum atomic E-state index is 14.8. The largest absolute Gasteiger partial charge is 0.447 e. The number of piperazine rings is 1. The van der Waals surface area contributed by atoms with Gasteiger partial charge in [0.1, 0.15) is 29.1 Å². The molecule has 2 saturated heterocycles. The molecule has 2 N–H and O–H groups in total. The molecule has 2 bridgehead atoms. The Labute approximate surface area is 210 Å². The van der Waals surface area contributed by atoms with Crippen LogP contribution in [0, 0.1) is 11.6 Å². The molecule has 3 heterocycles. The summed E-state index contributed by atoms with van der Waals surface area (Å²) in [6, 6.07) is 2.30. The van der Waals surface area contributed by atoms with E-state index in [2.05, 4.69) is 4.98 Å². The number of carbonyl (C=O) groups is 2. The second kappa shape index (κ2) is 10.9. The van der Waals surface area contributed by atoms with Gasteiger partial charge >= 0.3 is 6.09 Å². The molecule has 0 saturated carbocycles. The third kappa shape index (κ3) is 5.34. The monoisotopic (exact) mass is 542 g/mol. The third-order valence-corrected chi connectivity index (χ3v) is 7.94. The van der Waals surface area contributed by atoms with Crippen LogP contribution in [0.3, 0.4) is 0 Å². The minimum Gasteiger partial charge on any atom is -0.447 e. The lowest BCUT2D eigenvalue weighted by atomic mass is 10.1. The molecular formula is C22H24F2N4O8S. The smallest absolute Gasteiger partial charge is 0.410 e. The summed E-state index contributed by atoms with van der Waals surface area (Å²) in [7, 11) is -3.09. The van der Waals surface area contributed by atoms with Gasteiger partial charge in [0, 0.05) is 25.8 Å². The lowest BCUT2D eigenvalue weighted by Gasteiger charge is -2.44. The van der Waals surface area contributed by atoms with Crippen LogP contribution in [0.15, 0.2) is 41.4 Å². The molecule has 200 valence electrons. The molecule has 1 aromatic carbocycles. The maximum absolute atomic E-state index is 14.8. The molecule has 2 fully saturated rings. The molecule has 4 rings (SSSR count). The first-order valence-corrected chi connectivity index (χ1v) is 12.6. The Morgan fingerprint density at radius 3 is 2.57 bits per heavy atom. The molecule has 12 nitrogen and oxygen atoms in total. The predicted octanol–water partition coefficient (Wildman–Crippen LogP) is 1.65. The summed E-state index contributed by atoms with van der Waals surface area (Å²) in [6.07, 6.45) is 0.763. The van der Waals surface area contributed by atoms with Gasteiger partial charge in [-0.3, -0.25) is 14.9 Å². The summed E-state index contributed by atoms with van der Waals surface area (Å²) in [4.78, 5) is 29.7. The fourth-order valence-electron chi connectivity index (χ4n) is 4.48. The Morgan fingerprint density at radius 2 is 1.92 bits per heavy atom. The van der Waals surface area contributed by atoms with Gasteiger partial charge in [0.25, 0.3) is 11.8 Å². The number of benzene rings is 1. The standard InChI is InChI=1S/C22H24F2N4O8S/c1-34-8-9-35-22(30)28-14-4-7-18(28)19(20(29)26-31)27(12-14)37(32,33)16-10-17(24)21(25-11-16)36-15-5-2-13(23)3-6-15/h2-3,5-6,10-11,14,18-19,31H,4,7-9,12H2,1H3,(H,26,29)/t14-,18+,19-/m1/s1. The SMILES string of the molecule is COCCOC(=O)N1[C@@H]2CC[C@H]1[C@H](C(=O)NO)N(S(=O)(=O)c1cnc(Oc3ccc(F)cc3)c(F)c1)C2. The molecule has 2 amide bonds. The number of nitrogens with zero attached hydrogens (tertiary/aromatic N) is 3. The highest BCUT2D eigenvalue weighted by atomic mass is 32.2. The van der Waals surface area contributed by atoms with E-state index in [1.807, 2.05) is 0 Å². The van der Waals surface area contributed by atoms with E-state index >= 15 is 0 Å². The Kier molecular flexibility index (Phi) is 7.87. The number of ether oxygens (including phenoxy) is 3. The molecular weight excluding hydrogens is 518 g/mol. The molecule has 37 heavy (non-hydrogen) atoms. The van der Waals surface area contributed by atoms with Crippen molar-refractivity contribution in [1.29, 1.82) is 0 Å². The molecule has 2 aliphatic rings. The summed E-state index contributed by atoms with van der Waals surface area (Å²) in [5.74, 6) is -3.17. The number of halogens is 2. The minimum absolute atomic E-state index is 0.0402. The van der Waals surface area contributed by atoms with Crippen LogP contribution in [0.2, 0.25) is 0 Å². The number of fused-ring (bicyclic) bond motifs is 2. The highest BCUT2D eigenvalue weighted by molar-refractivity contribution is 7.89. The van der Waals surface area contributed by atoms with Crippen LogP contribution in [-0.4, -0.2) is 84.8 Å². The van der Waals surface area contributed by atoms with E-state index < -0.39 is 62.6 Å². The van der Waals surface area contributed by atoms with E-state index in [9.17, 15) is 32.0 Å². The van der Waals surface area contributed by atoms with Gasteiger partial charge in [0.05, 0.1) is 18.8 Å². The summed E-state index contributed by atoms with van der Waals surface area (Å²) < 4.78 is 71.0. The van der Waals surface area contributed by atoms with Gasteiger partial charge in [-0.15, -0.1) is 0 Å². The predicted molar refractivity (Wildman–Crippen MR) is 120 cm³/mol. The van der Waals surface area contributed by atoms with Gasteiger partial charge in [-0.1, -0.05) is 0 Å². The van der Waals surface area contributed by atoms with Crippen molar-refractivity contribution in [2.24, 2.45) is 0 Å². The molecule has 0 unspecified atom stereocenters. The van der Waals surface area contributed by atoms with Gasteiger partial charge < -0.3 is 14.2 Å². The van der Waals surface area contributed by atoms with Crippen molar-refractivity contribution in [2.45, 2.75) is 35.9 Å². The van der Waals surface area contributed by atoms with E-state index in [-0.39, 0.29) is 31.9 Å². The first-order valence-electron chi connectivity index (χ1n) is 11.2. The average molecular weight is 543 g/mol. The number of carbonyl (C=O) groups excluding carboxylic acids is 2. The molecule has 2 aromatic rings. The highest BCUT2D eigenvalue weighted by Crippen LogP contribution is 2.38. The number of hydrogen-bond donors (Lipinski definition) is 2. The zero-order valence-corrected chi connectivity index (χ0v) is 20.4. The molecule has 3 atom stereocenters. The number of nitrogens with one attached hydrogen (secondary N) is 1. The van der Waals surface area contributed by atoms with Crippen molar-refractivity contribution in [2.75, 3.05) is 26.9 Å². The Balaban J connectivity index is 1.60. The van der Waals surface area contributed by atoms with Gasteiger partial charge in [0.2, 0.25) is 10.0 Å². The minimum atomic E-state index is -4.52. The molecule has 15 heteroatoms. The number of hydrogen-bond acceptors (Lipinski definition) is 9. The Hall–Kier alpha value is -3.40. The van der Waals surface area contributed by atoms with Gasteiger partial charge in [-0.2, -0.15) is 4.31 Å². The fraction of sp³-hybridized carbons (Fsp3) is 0.409. The summed E-state index contributed by atoms with van der Waals surface area (Å²) in [5.41, 5.74) is 1.45. The van der Waals surface area contributed by atoms with Gasteiger partial charge in [-0.25, -0.2) is 32.5 Å². The lowest BCUT2D eigenvalue weighted by Crippen LogP contribution is -2.66. The van der Waals surface area contributed by atoms with Crippen molar-refractivity contribution in [1.82, 2.24) is 19.7 Å². The number of amides is 2. The molecule has 1 aromatic heterocycles. The summed E-state index contributed by atoms with van der Waals surface area (Å²) in [6.45, 7) is -0.192. The van der Waals surface area contributed by atoms with Crippen molar-refractivity contribution in [3.63, 3.8) is 0 Å². The van der Waals surface area contributed by atoms with E-state index in [0.717, 1.165) is 22.6 Å². The van der Waals surface area contributed by atoms with Crippen LogP contribution in [0.1, 0.15) is 12.8 Å². The Morgan fingerprint density at radius 1 is 1.19 bits per heavy atom. The number of rotatable bonds is 8. The number of methoxy groups -OCH3 is 1. The van der Waals surface area contributed by atoms with Crippen LogP contribution in [-0.2, 0) is 24.3 Å². The first kappa shape index (κ1) is 26.7. The van der Waals surface area contributed by atoms with E-state index in [0.29, 0.717) is 12.5 Å². The number of hydroxylamine groups is 1. The molecule has 0 radical (unpaired) electrons. The quantitative estimate of drug-likeness (QED) is 0.289. The number of sulfonamides is 1. The van der Waals surface area contributed by atoms with Crippen LogP contribution in [0.4, 0.5) is 13.6 Å². The number of pyridine rings is 1.